The molecule has 0 atom stereocenters. The zero-order valence-corrected chi connectivity index (χ0v) is 7.10. The minimum atomic E-state index is 0.115. The number of nitrogens with one attached hydrogen (secondary N) is 1. The normalized spacial score (nSPS) is 18.3. The zero-order valence-electron chi connectivity index (χ0n) is 7.10. The van der Waals surface area contributed by atoms with Crippen LogP contribution in [0.5, 0.6) is 0 Å². The summed E-state index contributed by atoms with van der Waals surface area (Å²) in [6, 6.07) is 0.115. The van der Waals surface area contributed by atoms with Gasteiger partial charge in [0.05, 0.1) is 0 Å². The third kappa shape index (κ3) is 2.41. The maximum Gasteiger partial charge on any atom is 0.317 e. The van der Waals surface area contributed by atoms with Crippen LogP contribution in [-0.4, -0.2) is 30.6 Å². The summed E-state index contributed by atoms with van der Waals surface area (Å²) in [5, 5.41) is 2.83. The average molecular weight is 156 g/mol. The summed E-state index contributed by atoms with van der Waals surface area (Å²) in [5.74, 6) is 0. The maximum atomic E-state index is 11.1. The van der Waals surface area contributed by atoms with Crippen LogP contribution in [0.25, 0.3) is 0 Å². The fourth-order valence-electron chi connectivity index (χ4n) is 1.24. The Morgan fingerprint density at radius 2 is 2.45 bits per heavy atom. The first kappa shape index (κ1) is 8.37. The van der Waals surface area contributed by atoms with Crippen molar-refractivity contribution in [1.29, 1.82) is 0 Å². The average Bonchev–Trinajstić information content (AvgIpc) is 2.03. The number of carbonyl (C=O) groups excluding carboxylic acids is 1. The van der Waals surface area contributed by atoms with Crippen LogP contribution in [0.1, 0.15) is 26.2 Å². The van der Waals surface area contributed by atoms with Gasteiger partial charge in [-0.15, -0.1) is 0 Å². The van der Waals surface area contributed by atoms with Crippen molar-refractivity contribution < 1.29 is 4.79 Å². The number of urea groups is 1. The molecule has 11 heavy (non-hydrogen) atoms. The van der Waals surface area contributed by atoms with Crippen molar-refractivity contribution in [1.82, 2.24) is 10.2 Å². The van der Waals surface area contributed by atoms with Gasteiger partial charge >= 0.3 is 6.03 Å². The van der Waals surface area contributed by atoms with E-state index in [2.05, 4.69) is 12.2 Å². The number of rotatable bonds is 3. The molecule has 1 rings (SSSR count). The molecule has 64 valence electrons. The van der Waals surface area contributed by atoms with Crippen LogP contribution in [-0.2, 0) is 0 Å². The van der Waals surface area contributed by atoms with Crippen LogP contribution in [0.15, 0.2) is 0 Å². The SMILES string of the molecule is CCCCN1CCCNC1=O. The fourth-order valence-corrected chi connectivity index (χ4v) is 1.24. The topological polar surface area (TPSA) is 32.3 Å². The van der Waals surface area contributed by atoms with E-state index >= 15 is 0 Å². The van der Waals surface area contributed by atoms with Gasteiger partial charge in [-0.3, -0.25) is 0 Å². The number of hydrogen-bond donors (Lipinski definition) is 1. The molecule has 1 aliphatic heterocycles. The van der Waals surface area contributed by atoms with Crippen molar-refractivity contribution in [2.24, 2.45) is 0 Å². The van der Waals surface area contributed by atoms with E-state index in [0.29, 0.717) is 0 Å². The molecule has 3 nitrogen and oxygen atoms in total. The molecule has 0 bridgehead atoms. The van der Waals surface area contributed by atoms with Crippen LogP contribution >= 0.6 is 0 Å². The third-order valence-corrected chi connectivity index (χ3v) is 1.95. The summed E-state index contributed by atoms with van der Waals surface area (Å²) >= 11 is 0. The second-order valence-electron chi connectivity index (χ2n) is 2.93. The molecule has 0 aromatic heterocycles. The minimum Gasteiger partial charge on any atom is -0.338 e. The number of hydrogen-bond acceptors (Lipinski definition) is 1. The highest BCUT2D eigenvalue weighted by molar-refractivity contribution is 5.74. The van der Waals surface area contributed by atoms with Gasteiger partial charge in [-0.25, -0.2) is 4.79 Å². The molecule has 0 radical (unpaired) electrons. The molecule has 1 fully saturated rings. The molecule has 1 heterocycles. The predicted molar refractivity (Wildman–Crippen MR) is 44.5 cm³/mol. The van der Waals surface area contributed by atoms with E-state index in [-0.39, 0.29) is 6.03 Å². The summed E-state index contributed by atoms with van der Waals surface area (Å²) in [6.45, 7) is 4.84. The highest BCUT2D eigenvalue weighted by Crippen LogP contribution is 2.00. The Balaban J connectivity index is 2.24. The van der Waals surface area contributed by atoms with E-state index in [1.54, 1.807) is 0 Å². The fraction of sp³-hybridized carbons (Fsp3) is 0.875. The summed E-state index contributed by atoms with van der Waals surface area (Å²) in [7, 11) is 0. The van der Waals surface area contributed by atoms with Crippen LogP contribution < -0.4 is 5.32 Å². The van der Waals surface area contributed by atoms with E-state index in [4.69, 9.17) is 0 Å². The Labute approximate surface area is 67.8 Å². The van der Waals surface area contributed by atoms with E-state index < -0.39 is 0 Å². The lowest BCUT2D eigenvalue weighted by Gasteiger charge is -2.27. The van der Waals surface area contributed by atoms with Crippen LogP contribution in [0, 0.1) is 0 Å². The van der Waals surface area contributed by atoms with Gasteiger partial charge in [0, 0.05) is 19.6 Å². The lowest BCUT2D eigenvalue weighted by molar-refractivity contribution is 0.185. The van der Waals surface area contributed by atoms with Crippen LogP contribution in [0.3, 0.4) is 0 Å². The van der Waals surface area contributed by atoms with E-state index in [1.165, 1.54) is 0 Å². The smallest absolute Gasteiger partial charge is 0.317 e. The molecule has 3 heteroatoms. The highest BCUT2D eigenvalue weighted by atomic mass is 16.2. The first-order valence-electron chi connectivity index (χ1n) is 4.37. The second kappa shape index (κ2) is 4.21. The van der Waals surface area contributed by atoms with Gasteiger partial charge in [0.15, 0.2) is 0 Å². The molecule has 0 aliphatic carbocycles. The van der Waals surface area contributed by atoms with Crippen molar-refractivity contribution >= 4 is 6.03 Å². The van der Waals surface area contributed by atoms with Crippen LogP contribution in [0.2, 0.25) is 0 Å². The zero-order chi connectivity index (χ0) is 8.10. The Hall–Kier alpha value is -0.730. The number of carbonyl (C=O) groups is 1. The first-order chi connectivity index (χ1) is 5.34. The molecule has 1 aliphatic rings. The molecule has 0 aromatic carbocycles. The van der Waals surface area contributed by atoms with Gasteiger partial charge in [0.1, 0.15) is 0 Å². The largest absolute Gasteiger partial charge is 0.338 e. The molecule has 0 saturated carbocycles. The molecule has 0 unspecified atom stereocenters. The van der Waals surface area contributed by atoms with E-state index in [1.807, 2.05) is 4.90 Å². The summed E-state index contributed by atoms with van der Waals surface area (Å²) in [5.41, 5.74) is 0. The van der Waals surface area contributed by atoms with E-state index in [0.717, 1.165) is 38.9 Å². The monoisotopic (exact) mass is 156 g/mol. The van der Waals surface area contributed by atoms with Gasteiger partial charge in [-0.2, -0.15) is 0 Å². The highest BCUT2D eigenvalue weighted by Gasteiger charge is 2.15. The standard InChI is InChI=1S/C8H16N2O/c1-2-3-6-10-7-4-5-9-8(10)11/h2-7H2,1H3,(H,9,11). The van der Waals surface area contributed by atoms with Crippen LogP contribution in [0.4, 0.5) is 4.79 Å². The second-order valence-corrected chi connectivity index (χ2v) is 2.93. The summed E-state index contributed by atoms with van der Waals surface area (Å²) in [4.78, 5) is 13.0. The number of amides is 2. The van der Waals surface area contributed by atoms with Gasteiger partial charge < -0.3 is 10.2 Å². The van der Waals surface area contributed by atoms with Gasteiger partial charge in [-0.1, -0.05) is 13.3 Å². The molecule has 0 aromatic rings. The number of nitrogens with zero attached hydrogens (tertiary/aromatic N) is 1. The lowest BCUT2D eigenvalue weighted by Crippen LogP contribution is -2.46. The van der Waals surface area contributed by atoms with Crippen molar-refractivity contribution in [3.8, 4) is 0 Å². The van der Waals surface area contributed by atoms with Gasteiger partial charge in [0.2, 0.25) is 0 Å². The Morgan fingerprint density at radius 1 is 1.64 bits per heavy atom. The first-order valence-corrected chi connectivity index (χ1v) is 4.37. The van der Waals surface area contributed by atoms with Gasteiger partial charge in [0.25, 0.3) is 0 Å². The molecule has 0 spiro atoms. The molecule has 1 N–H and O–H groups in total. The number of unbranched alkanes of at least 4 members (excludes halogenated alkanes) is 1. The Morgan fingerprint density at radius 3 is 3.09 bits per heavy atom. The molecule has 1 saturated heterocycles. The molecule has 2 amide bonds. The lowest BCUT2D eigenvalue weighted by atomic mass is 10.3. The molecular weight excluding hydrogens is 140 g/mol. The summed E-state index contributed by atoms with van der Waals surface area (Å²) < 4.78 is 0. The van der Waals surface area contributed by atoms with Crippen molar-refractivity contribution in [3.05, 3.63) is 0 Å². The van der Waals surface area contributed by atoms with Gasteiger partial charge in [-0.05, 0) is 12.8 Å². The Kier molecular flexibility index (Phi) is 3.20. The summed E-state index contributed by atoms with van der Waals surface area (Å²) in [6.07, 6.45) is 3.37. The third-order valence-electron chi connectivity index (χ3n) is 1.95. The maximum absolute atomic E-state index is 11.1. The van der Waals surface area contributed by atoms with Crippen molar-refractivity contribution in [2.75, 3.05) is 19.6 Å². The predicted octanol–water partition coefficient (Wildman–Crippen LogP) is 1.20. The Bertz CT molecular complexity index is 136. The van der Waals surface area contributed by atoms with Crippen molar-refractivity contribution in [3.63, 3.8) is 0 Å². The van der Waals surface area contributed by atoms with E-state index in [9.17, 15) is 4.79 Å². The van der Waals surface area contributed by atoms with Crippen molar-refractivity contribution in [2.45, 2.75) is 26.2 Å². The molecular formula is C8H16N2O. The minimum absolute atomic E-state index is 0.115. The quantitative estimate of drug-likeness (QED) is 0.654.